The Bertz CT molecular complexity index is 473. The summed E-state index contributed by atoms with van der Waals surface area (Å²) in [6, 6.07) is 8.66. The van der Waals surface area contributed by atoms with E-state index in [1.165, 1.54) is 5.56 Å². The third-order valence-electron chi connectivity index (χ3n) is 3.83. The number of ether oxygens (including phenoxy) is 1. The Balaban J connectivity index is 2.95. The van der Waals surface area contributed by atoms with Crippen molar-refractivity contribution in [1.29, 1.82) is 5.26 Å². The second-order valence-corrected chi connectivity index (χ2v) is 5.94. The van der Waals surface area contributed by atoms with Crippen LogP contribution in [0.5, 0.6) is 5.75 Å². The molecule has 0 bridgehead atoms. The van der Waals surface area contributed by atoms with Gasteiger partial charge in [-0.3, -0.25) is 4.90 Å². The summed E-state index contributed by atoms with van der Waals surface area (Å²) in [5.41, 5.74) is 1.80. The Kier molecular flexibility index (Phi) is 7.25. The van der Waals surface area contributed by atoms with Gasteiger partial charge in [0, 0.05) is 19.1 Å². The van der Waals surface area contributed by atoms with Crippen LogP contribution in [-0.4, -0.2) is 24.6 Å². The molecule has 0 aliphatic rings. The van der Waals surface area contributed by atoms with E-state index in [0.717, 1.165) is 25.9 Å². The van der Waals surface area contributed by atoms with Gasteiger partial charge in [-0.1, -0.05) is 33.8 Å². The summed E-state index contributed by atoms with van der Waals surface area (Å²) in [5, 5.41) is 9.07. The van der Waals surface area contributed by atoms with Crippen LogP contribution in [0.1, 0.15) is 51.7 Å². The summed E-state index contributed by atoms with van der Waals surface area (Å²) in [4.78, 5) is 2.55. The molecule has 0 spiro atoms. The smallest absolute Gasteiger partial charge is 0.136 e. The largest absolute Gasteiger partial charge is 0.495 e. The first-order chi connectivity index (χ1) is 10.0. The molecule has 0 saturated heterocycles. The molecule has 0 aromatic heterocycles. The van der Waals surface area contributed by atoms with E-state index in [-0.39, 0.29) is 0 Å². The Morgan fingerprint density at radius 3 is 2.38 bits per heavy atom. The van der Waals surface area contributed by atoms with E-state index in [9.17, 15) is 0 Å². The van der Waals surface area contributed by atoms with Crippen molar-refractivity contribution >= 4 is 0 Å². The van der Waals surface area contributed by atoms with Gasteiger partial charge >= 0.3 is 0 Å². The van der Waals surface area contributed by atoms with Gasteiger partial charge in [0.25, 0.3) is 0 Å². The molecule has 3 nitrogen and oxygen atoms in total. The highest BCUT2D eigenvalue weighted by Crippen LogP contribution is 2.22. The van der Waals surface area contributed by atoms with Gasteiger partial charge in [-0.25, -0.2) is 0 Å². The van der Waals surface area contributed by atoms with Gasteiger partial charge in [0.2, 0.25) is 0 Å². The Hall–Kier alpha value is -1.53. The average Bonchev–Trinajstić information content (AvgIpc) is 2.47. The average molecular weight is 288 g/mol. The summed E-state index contributed by atoms with van der Waals surface area (Å²) in [5.74, 6) is 1.31. The van der Waals surface area contributed by atoms with Crippen LogP contribution in [-0.2, 0) is 6.54 Å². The highest BCUT2D eigenvalue weighted by Gasteiger charge is 2.17. The maximum absolute atomic E-state index is 9.07. The van der Waals surface area contributed by atoms with Crippen molar-refractivity contribution in [3.8, 4) is 11.8 Å². The molecule has 0 saturated carbocycles. The maximum atomic E-state index is 9.07. The monoisotopic (exact) mass is 288 g/mol. The predicted octanol–water partition coefficient (Wildman–Crippen LogP) is 4.21. The molecule has 0 atom stereocenters. The second kappa shape index (κ2) is 8.69. The van der Waals surface area contributed by atoms with Gasteiger partial charge in [0.15, 0.2) is 0 Å². The molecular formula is C18H28N2O. The number of nitriles is 1. The minimum Gasteiger partial charge on any atom is -0.495 e. The van der Waals surface area contributed by atoms with Gasteiger partial charge in [0.1, 0.15) is 11.8 Å². The lowest BCUT2D eigenvalue weighted by Crippen LogP contribution is -2.36. The maximum Gasteiger partial charge on any atom is 0.136 e. The first-order valence-electron chi connectivity index (χ1n) is 7.86. The quantitative estimate of drug-likeness (QED) is 0.719. The molecule has 0 unspecified atom stereocenters. The minimum atomic E-state index is 0.596. The SMILES string of the molecule is CCC(CC)N(Cc1ccc(C#N)c(OC)c1)CC(C)C. The lowest BCUT2D eigenvalue weighted by Gasteiger charge is -2.32. The van der Waals surface area contributed by atoms with Crippen LogP contribution in [0.2, 0.25) is 0 Å². The minimum absolute atomic E-state index is 0.596. The fourth-order valence-electron chi connectivity index (χ4n) is 2.78. The topological polar surface area (TPSA) is 36.3 Å². The van der Waals surface area contributed by atoms with E-state index < -0.39 is 0 Å². The zero-order valence-electron chi connectivity index (χ0n) is 14.0. The van der Waals surface area contributed by atoms with E-state index >= 15 is 0 Å². The third kappa shape index (κ3) is 5.06. The Morgan fingerprint density at radius 1 is 1.24 bits per heavy atom. The molecule has 0 N–H and O–H groups in total. The summed E-state index contributed by atoms with van der Waals surface area (Å²) in [6.45, 7) is 11.0. The fourth-order valence-corrected chi connectivity index (χ4v) is 2.78. The predicted molar refractivity (Wildman–Crippen MR) is 87.3 cm³/mol. The number of nitrogens with zero attached hydrogens (tertiary/aromatic N) is 2. The summed E-state index contributed by atoms with van der Waals surface area (Å²) >= 11 is 0. The standard InChI is InChI=1S/C18H28N2O/c1-6-17(7-2)20(12-14(3)4)13-15-8-9-16(11-19)18(10-15)21-5/h8-10,14,17H,6-7,12-13H2,1-5H3. The van der Waals surface area contributed by atoms with Gasteiger partial charge < -0.3 is 4.74 Å². The Labute approximate surface area is 129 Å². The van der Waals surface area contributed by atoms with Crippen LogP contribution in [0.15, 0.2) is 18.2 Å². The van der Waals surface area contributed by atoms with E-state index in [1.807, 2.05) is 18.2 Å². The molecule has 0 heterocycles. The van der Waals surface area contributed by atoms with Crippen molar-refractivity contribution in [2.75, 3.05) is 13.7 Å². The lowest BCUT2D eigenvalue weighted by atomic mass is 10.0. The summed E-state index contributed by atoms with van der Waals surface area (Å²) < 4.78 is 5.31. The molecule has 0 fully saturated rings. The van der Waals surface area contributed by atoms with Crippen molar-refractivity contribution in [3.63, 3.8) is 0 Å². The van der Waals surface area contributed by atoms with E-state index in [1.54, 1.807) is 7.11 Å². The highest BCUT2D eigenvalue weighted by molar-refractivity contribution is 5.45. The molecule has 1 rings (SSSR count). The fraction of sp³-hybridized carbons (Fsp3) is 0.611. The number of hydrogen-bond acceptors (Lipinski definition) is 3. The molecule has 116 valence electrons. The summed E-state index contributed by atoms with van der Waals surface area (Å²) in [7, 11) is 1.62. The molecular weight excluding hydrogens is 260 g/mol. The van der Waals surface area contributed by atoms with Crippen LogP contribution >= 0.6 is 0 Å². The second-order valence-electron chi connectivity index (χ2n) is 5.94. The van der Waals surface area contributed by atoms with Gasteiger partial charge in [-0.2, -0.15) is 5.26 Å². The molecule has 1 aromatic carbocycles. The number of hydrogen-bond donors (Lipinski definition) is 0. The number of rotatable bonds is 8. The molecule has 21 heavy (non-hydrogen) atoms. The van der Waals surface area contributed by atoms with Gasteiger partial charge in [-0.15, -0.1) is 0 Å². The highest BCUT2D eigenvalue weighted by atomic mass is 16.5. The number of methoxy groups -OCH3 is 1. The zero-order valence-corrected chi connectivity index (χ0v) is 14.0. The van der Waals surface area contributed by atoms with Crippen LogP contribution in [0.4, 0.5) is 0 Å². The first kappa shape index (κ1) is 17.5. The number of benzene rings is 1. The van der Waals surface area contributed by atoms with E-state index in [0.29, 0.717) is 23.3 Å². The van der Waals surface area contributed by atoms with Crippen LogP contribution < -0.4 is 4.74 Å². The molecule has 0 amide bonds. The van der Waals surface area contributed by atoms with Crippen molar-refractivity contribution in [2.24, 2.45) is 5.92 Å². The van der Waals surface area contributed by atoms with Gasteiger partial charge in [0.05, 0.1) is 12.7 Å². The van der Waals surface area contributed by atoms with E-state index in [4.69, 9.17) is 10.00 Å². The van der Waals surface area contributed by atoms with Crippen LogP contribution in [0.25, 0.3) is 0 Å². The zero-order chi connectivity index (χ0) is 15.8. The molecule has 3 heteroatoms. The summed E-state index contributed by atoms with van der Waals surface area (Å²) in [6.07, 6.45) is 2.33. The van der Waals surface area contributed by atoms with Crippen molar-refractivity contribution in [2.45, 2.75) is 53.1 Å². The van der Waals surface area contributed by atoms with Gasteiger partial charge in [-0.05, 0) is 36.5 Å². The van der Waals surface area contributed by atoms with Crippen molar-refractivity contribution < 1.29 is 4.74 Å². The molecule has 1 aromatic rings. The van der Waals surface area contributed by atoms with Crippen molar-refractivity contribution in [3.05, 3.63) is 29.3 Å². The van der Waals surface area contributed by atoms with Crippen LogP contribution in [0.3, 0.4) is 0 Å². The Morgan fingerprint density at radius 2 is 1.90 bits per heavy atom. The van der Waals surface area contributed by atoms with E-state index in [2.05, 4.69) is 38.7 Å². The molecule has 0 radical (unpaired) electrons. The normalized spacial score (nSPS) is 11.2. The molecule has 0 aliphatic carbocycles. The third-order valence-corrected chi connectivity index (χ3v) is 3.83. The first-order valence-corrected chi connectivity index (χ1v) is 7.86. The van der Waals surface area contributed by atoms with Crippen molar-refractivity contribution in [1.82, 2.24) is 4.90 Å². The van der Waals surface area contributed by atoms with Crippen LogP contribution in [0, 0.1) is 17.2 Å². The lowest BCUT2D eigenvalue weighted by molar-refractivity contribution is 0.157. The molecule has 0 aliphatic heterocycles.